The molecule has 0 saturated carbocycles. The molecule has 0 spiro atoms. The largest absolute Gasteiger partial charge is 0.416 e. The number of halogens is 3. The number of alkyl halides is 3. The van der Waals surface area contributed by atoms with Crippen LogP contribution >= 0.6 is 0 Å². The molecule has 0 radical (unpaired) electrons. The molecule has 2 N–H and O–H groups in total. The van der Waals surface area contributed by atoms with Crippen molar-refractivity contribution >= 4 is 25.8 Å². The van der Waals surface area contributed by atoms with Crippen molar-refractivity contribution in [2.75, 3.05) is 11.5 Å². The van der Waals surface area contributed by atoms with E-state index in [0.717, 1.165) is 12.1 Å². The first-order valence-electron chi connectivity index (χ1n) is 6.60. The predicted octanol–water partition coefficient (Wildman–Crippen LogP) is 0.450. The lowest BCUT2D eigenvalue weighted by Gasteiger charge is -2.12. The van der Waals surface area contributed by atoms with Crippen molar-refractivity contribution in [1.82, 2.24) is 10.3 Å². The summed E-state index contributed by atoms with van der Waals surface area (Å²) in [4.78, 5) is 13.0. The molecule has 1 heterocycles. The van der Waals surface area contributed by atoms with Gasteiger partial charge in [-0.05, 0) is 30.7 Å². The zero-order valence-electron chi connectivity index (χ0n) is 12.0. The Labute approximate surface area is 136 Å². The maximum atomic E-state index is 12.4. The van der Waals surface area contributed by atoms with Crippen LogP contribution in [0.1, 0.15) is 12.0 Å². The number of sulfonamides is 1. The van der Waals surface area contributed by atoms with Crippen LogP contribution in [0, 0.1) is 5.92 Å². The molecule has 1 fully saturated rings. The van der Waals surface area contributed by atoms with Crippen LogP contribution in [0.3, 0.4) is 0 Å². The van der Waals surface area contributed by atoms with E-state index in [0.29, 0.717) is 12.1 Å². The molecule has 1 atom stereocenters. The highest BCUT2D eigenvalue weighted by Crippen LogP contribution is 2.29. The topological polar surface area (TPSA) is 109 Å². The summed E-state index contributed by atoms with van der Waals surface area (Å²) in [6.45, 7) is 0. The van der Waals surface area contributed by atoms with Gasteiger partial charge < -0.3 is 0 Å². The molecule has 1 amide bonds. The van der Waals surface area contributed by atoms with E-state index in [9.17, 15) is 34.8 Å². The van der Waals surface area contributed by atoms with Gasteiger partial charge in [0, 0.05) is 0 Å². The third-order valence-corrected chi connectivity index (χ3v) is 6.44. The summed E-state index contributed by atoms with van der Waals surface area (Å²) >= 11 is 0. The zero-order chi connectivity index (χ0) is 18.2. The first kappa shape index (κ1) is 18.7. The summed E-state index contributed by atoms with van der Waals surface area (Å²) < 4.78 is 83.7. The number of hydrogen-bond donors (Lipinski definition) is 2. The van der Waals surface area contributed by atoms with Gasteiger partial charge in [0.25, 0.3) is 10.0 Å². The Balaban J connectivity index is 2.02. The van der Waals surface area contributed by atoms with Gasteiger partial charge >= 0.3 is 6.18 Å². The Morgan fingerprint density at radius 1 is 1.17 bits per heavy atom. The fourth-order valence-corrected chi connectivity index (χ4v) is 4.69. The monoisotopic (exact) mass is 386 g/mol. The highest BCUT2D eigenvalue weighted by Gasteiger charge is 2.34. The molecule has 24 heavy (non-hydrogen) atoms. The van der Waals surface area contributed by atoms with Crippen LogP contribution < -0.4 is 10.3 Å². The van der Waals surface area contributed by atoms with Gasteiger partial charge in [-0.1, -0.05) is 0 Å². The average Bonchev–Trinajstić information content (AvgIpc) is 2.84. The van der Waals surface area contributed by atoms with Crippen molar-refractivity contribution in [3.8, 4) is 0 Å². The summed E-state index contributed by atoms with van der Waals surface area (Å²) in [6.07, 6.45) is -4.52. The maximum absolute atomic E-state index is 12.4. The quantitative estimate of drug-likeness (QED) is 0.731. The van der Waals surface area contributed by atoms with E-state index in [1.807, 2.05) is 5.43 Å². The van der Waals surface area contributed by atoms with Gasteiger partial charge in [-0.15, -0.1) is 4.83 Å². The van der Waals surface area contributed by atoms with E-state index >= 15 is 0 Å². The van der Waals surface area contributed by atoms with E-state index in [2.05, 4.69) is 0 Å². The number of benzene rings is 1. The molecule has 1 saturated heterocycles. The van der Waals surface area contributed by atoms with Gasteiger partial charge in [0.1, 0.15) is 0 Å². The van der Waals surface area contributed by atoms with Gasteiger partial charge in [0.2, 0.25) is 5.91 Å². The molecule has 0 aliphatic carbocycles. The molecule has 0 bridgehead atoms. The van der Waals surface area contributed by atoms with E-state index < -0.39 is 48.3 Å². The Morgan fingerprint density at radius 2 is 1.75 bits per heavy atom. The van der Waals surface area contributed by atoms with Crippen molar-refractivity contribution in [3.63, 3.8) is 0 Å². The van der Waals surface area contributed by atoms with Gasteiger partial charge in [-0.3, -0.25) is 10.2 Å². The number of hydrogen-bond acceptors (Lipinski definition) is 5. The first-order chi connectivity index (χ1) is 10.9. The second-order valence-corrected chi connectivity index (χ2v) is 9.13. The van der Waals surface area contributed by atoms with Gasteiger partial charge in [0.15, 0.2) is 9.84 Å². The van der Waals surface area contributed by atoms with Crippen molar-refractivity contribution < 1.29 is 34.8 Å². The lowest BCUT2D eigenvalue weighted by molar-refractivity contribution is -0.137. The fourth-order valence-electron chi connectivity index (χ4n) is 2.10. The number of amides is 1. The van der Waals surface area contributed by atoms with Crippen LogP contribution in [-0.4, -0.2) is 34.2 Å². The summed E-state index contributed by atoms with van der Waals surface area (Å²) in [7, 11) is -7.58. The number of rotatable bonds is 4. The number of hydrazine groups is 1. The Kier molecular flexibility index (Phi) is 4.93. The summed E-state index contributed by atoms with van der Waals surface area (Å²) in [5.74, 6) is -2.21. The normalized spacial score (nSPS) is 20.7. The van der Waals surface area contributed by atoms with E-state index in [1.165, 1.54) is 0 Å². The summed E-state index contributed by atoms with van der Waals surface area (Å²) in [5.41, 5.74) is 0.870. The Morgan fingerprint density at radius 3 is 2.21 bits per heavy atom. The Hall–Kier alpha value is -1.66. The molecule has 0 aromatic heterocycles. The predicted molar refractivity (Wildman–Crippen MR) is 76.7 cm³/mol. The van der Waals surface area contributed by atoms with E-state index in [1.54, 1.807) is 4.83 Å². The molecule has 2 rings (SSSR count). The lowest BCUT2D eigenvalue weighted by atomic mass is 10.1. The molecule has 134 valence electrons. The number of carbonyl (C=O) groups is 1. The first-order valence-corrected chi connectivity index (χ1v) is 9.90. The van der Waals surface area contributed by atoms with E-state index in [4.69, 9.17) is 0 Å². The molecular weight excluding hydrogens is 373 g/mol. The molecular formula is C12H13F3N2O5S2. The van der Waals surface area contributed by atoms with Gasteiger partial charge in [-0.25, -0.2) is 16.8 Å². The average molecular weight is 386 g/mol. The van der Waals surface area contributed by atoms with Crippen molar-refractivity contribution in [2.45, 2.75) is 17.5 Å². The molecule has 1 aliphatic heterocycles. The minimum atomic E-state index is -4.60. The number of nitrogens with one attached hydrogen (secondary N) is 2. The fraction of sp³-hybridized carbons (Fsp3) is 0.417. The van der Waals surface area contributed by atoms with Gasteiger partial charge in [-0.2, -0.15) is 13.2 Å². The second kappa shape index (κ2) is 6.33. The standard InChI is InChI=1S/C12H13F3N2O5S2/c13-12(14,15)9-1-3-10(4-2-9)24(21,22)17-16-11(18)8-5-6-23(19,20)7-8/h1-4,8,17H,5-7H2,(H,16,18)/t8-/m1/s1. The van der Waals surface area contributed by atoms with E-state index in [-0.39, 0.29) is 17.9 Å². The third-order valence-electron chi connectivity index (χ3n) is 3.40. The zero-order valence-corrected chi connectivity index (χ0v) is 13.6. The highest BCUT2D eigenvalue weighted by molar-refractivity contribution is 7.91. The smallest absolute Gasteiger partial charge is 0.277 e. The van der Waals surface area contributed by atoms with Crippen LogP contribution in [0.2, 0.25) is 0 Å². The van der Waals surface area contributed by atoms with Crippen LogP contribution in [0.5, 0.6) is 0 Å². The Bertz CT molecular complexity index is 832. The highest BCUT2D eigenvalue weighted by atomic mass is 32.2. The number of sulfone groups is 1. The van der Waals surface area contributed by atoms with Crippen LogP contribution in [0.15, 0.2) is 29.2 Å². The molecule has 1 aromatic rings. The van der Waals surface area contributed by atoms with Crippen molar-refractivity contribution in [1.29, 1.82) is 0 Å². The van der Waals surface area contributed by atoms with Crippen LogP contribution in [-0.2, 0) is 30.8 Å². The maximum Gasteiger partial charge on any atom is 0.416 e. The molecule has 1 aliphatic rings. The minimum Gasteiger partial charge on any atom is -0.277 e. The second-order valence-electron chi connectivity index (χ2n) is 5.22. The summed E-state index contributed by atoms with van der Waals surface area (Å²) in [6, 6.07) is 2.69. The van der Waals surface area contributed by atoms with Crippen LogP contribution in [0.25, 0.3) is 0 Å². The van der Waals surface area contributed by atoms with Crippen LogP contribution in [0.4, 0.5) is 13.2 Å². The SMILES string of the molecule is O=C(NNS(=O)(=O)c1ccc(C(F)(F)F)cc1)[C@@H]1CCS(=O)(=O)C1. The van der Waals surface area contributed by atoms with Crippen molar-refractivity contribution in [3.05, 3.63) is 29.8 Å². The lowest BCUT2D eigenvalue weighted by Crippen LogP contribution is -2.44. The van der Waals surface area contributed by atoms with Crippen molar-refractivity contribution in [2.24, 2.45) is 5.92 Å². The summed E-state index contributed by atoms with van der Waals surface area (Å²) in [5, 5.41) is 0. The number of carbonyl (C=O) groups excluding carboxylic acids is 1. The molecule has 1 aromatic carbocycles. The van der Waals surface area contributed by atoms with Gasteiger partial charge in [0.05, 0.1) is 27.9 Å². The third kappa shape index (κ3) is 4.45. The minimum absolute atomic E-state index is 0.0795. The molecule has 0 unspecified atom stereocenters. The molecule has 12 heteroatoms. The molecule has 7 nitrogen and oxygen atoms in total.